The summed E-state index contributed by atoms with van der Waals surface area (Å²) in [6.07, 6.45) is 1.64. The number of carbonyl (C=O) groups excluding carboxylic acids is 1. The Morgan fingerprint density at radius 1 is 1.14 bits per heavy atom. The van der Waals surface area contributed by atoms with Crippen molar-refractivity contribution in [3.05, 3.63) is 54.2 Å². The zero-order valence-electron chi connectivity index (χ0n) is 15.5. The molecule has 0 spiro atoms. The maximum atomic E-state index is 12.6. The lowest BCUT2D eigenvalue weighted by Crippen LogP contribution is -2.51. The van der Waals surface area contributed by atoms with Crippen molar-refractivity contribution in [2.45, 2.75) is 4.90 Å². The smallest absolute Gasteiger partial charge is 0.243 e. The van der Waals surface area contributed by atoms with Crippen molar-refractivity contribution in [2.75, 3.05) is 44.7 Å². The van der Waals surface area contributed by atoms with Gasteiger partial charge in [0, 0.05) is 39.4 Å². The molecule has 1 aliphatic heterocycles. The summed E-state index contributed by atoms with van der Waals surface area (Å²) < 4.78 is 26.2. The summed E-state index contributed by atoms with van der Waals surface area (Å²) in [5, 5.41) is 9.22. The minimum atomic E-state index is -3.71. The van der Waals surface area contributed by atoms with Gasteiger partial charge in [-0.05, 0) is 24.3 Å². The highest BCUT2D eigenvalue weighted by Crippen LogP contribution is 2.18. The predicted octanol–water partition coefficient (Wildman–Crippen LogP) is 0.923. The van der Waals surface area contributed by atoms with E-state index in [1.165, 1.54) is 19.2 Å². The summed E-state index contributed by atoms with van der Waals surface area (Å²) in [7, 11) is -2.30. The van der Waals surface area contributed by atoms with Crippen LogP contribution in [0.25, 0.3) is 0 Å². The Hall–Kier alpha value is -2.96. The number of piperazine rings is 1. The van der Waals surface area contributed by atoms with E-state index < -0.39 is 10.0 Å². The molecule has 0 bridgehead atoms. The van der Waals surface area contributed by atoms with Crippen LogP contribution in [0.2, 0.25) is 0 Å². The van der Waals surface area contributed by atoms with Gasteiger partial charge in [-0.25, -0.2) is 13.4 Å². The maximum Gasteiger partial charge on any atom is 0.243 e. The zero-order chi connectivity index (χ0) is 20.1. The van der Waals surface area contributed by atoms with Gasteiger partial charge in [-0.15, -0.1) is 0 Å². The number of aromatic nitrogens is 1. The molecule has 1 aromatic heterocycles. The Morgan fingerprint density at radius 2 is 1.82 bits per heavy atom. The van der Waals surface area contributed by atoms with Gasteiger partial charge in [-0.1, -0.05) is 18.2 Å². The molecule has 0 atom stereocenters. The highest BCUT2D eigenvalue weighted by molar-refractivity contribution is 7.89. The molecule has 0 radical (unpaired) electrons. The average Bonchev–Trinajstić information content (AvgIpc) is 2.74. The molecular formula is C19H21N5O3S. The summed E-state index contributed by atoms with van der Waals surface area (Å²) >= 11 is 0. The number of sulfonamides is 1. The van der Waals surface area contributed by atoms with Crippen molar-refractivity contribution >= 4 is 21.7 Å². The third-order valence-electron chi connectivity index (χ3n) is 4.65. The molecule has 0 aliphatic carbocycles. The minimum absolute atomic E-state index is 0.161. The lowest BCUT2D eigenvalue weighted by molar-refractivity contribution is -0.131. The molecule has 28 heavy (non-hydrogen) atoms. The van der Waals surface area contributed by atoms with E-state index in [0.29, 0.717) is 37.6 Å². The van der Waals surface area contributed by atoms with E-state index in [1.807, 2.05) is 4.90 Å². The van der Waals surface area contributed by atoms with Gasteiger partial charge >= 0.3 is 0 Å². The van der Waals surface area contributed by atoms with Crippen LogP contribution in [0.5, 0.6) is 0 Å². The summed E-state index contributed by atoms with van der Waals surface area (Å²) in [6, 6.07) is 13.6. The monoisotopic (exact) mass is 399 g/mol. The highest BCUT2D eigenvalue weighted by Gasteiger charge is 2.27. The second-order valence-corrected chi connectivity index (χ2v) is 8.47. The number of likely N-dealkylation sites (N-methyl/N-ethyl adjacent to an activating group) is 1. The van der Waals surface area contributed by atoms with Crippen LogP contribution >= 0.6 is 0 Å². The number of nitrogens with zero attached hydrogens (tertiary/aromatic N) is 5. The van der Waals surface area contributed by atoms with Crippen LogP contribution in [0, 0.1) is 11.3 Å². The molecule has 146 valence electrons. The number of hydrogen-bond donors (Lipinski definition) is 0. The van der Waals surface area contributed by atoms with E-state index in [2.05, 4.69) is 11.1 Å². The molecular weight excluding hydrogens is 378 g/mol. The van der Waals surface area contributed by atoms with Crippen LogP contribution in [-0.2, 0) is 14.8 Å². The molecule has 0 saturated carbocycles. The van der Waals surface area contributed by atoms with Gasteiger partial charge in [0.1, 0.15) is 11.9 Å². The molecule has 1 fully saturated rings. The fraction of sp³-hybridized carbons (Fsp3) is 0.316. The lowest BCUT2D eigenvalue weighted by atomic mass is 10.2. The topological polar surface area (TPSA) is 97.6 Å². The maximum absolute atomic E-state index is 12.6. The highest BCUT2D eigenvalue weighted by atomic mass is 32.2. The molecule has 1 saturated heterocycles. The second-order valence-electron chi connectivity index (χ2n) is 6.43. The molecule has 9 heteroatoms. The third kappa shape index (κ3) is 4.13. The summed E-state index contributed by atoms with van der Waals surface area (Å²) in [5.74, 6) is 0.365. The number of hydrogen-bond acceptors (Lipinski definition) is 6. The van der Waals surface area contributed by atoms with Crippen LogP contribution in [0.1, 0.15) is 5.56 Å². The number of amides is 1. The van der Waals surface area contributed by atoms with Crippen molar-refractivity contribution in [1.82, 2.24) is 14.2 Å². The SMILES string of the molecule is CN(CC(=O)N1CCN(c2ncccc2C#N)CC1)S(=O)(=O)c1ccccc1. The number of rotatable bonds is 5. The van der Waals surface area contributed by atoms with E-state index >= 15 is 0 Å². The predicted molar refractivity (Wildman–Crippen MR) is 104 cm³/mol. The van der Waals surface area contributed by atoms with E-state index in [1.54, 1.807) is 41.4 Å². The van der Waals surface area contributed by atoms with Crippen LogP contribution in [-0.4, -0.2) is 68.3 Å². The minimum Gasteiger partial charge on any atom is -0.352 e. The number of carbonyl (C=O) groups is 1. The van der Waals surface area contributed by atoms with Gasteiger partial charge in [-0.3, -0.25) is 4.79 Å². The Labute approximate surface area is 164 Å². The van der Waals surface area contributed by atoms with E-state index in [0.717, 1.165) is 4.31 Å². The van der Waals surface area contributed by atoms with Gasteiger partial charge < -0.3 is 9.80 Å². The molecule has 1 aromatic carbocycles. The Kier molecular flexibility index (Phi) is 5.92. The van der Waals surface area contributed by atoms with Crippen LogP contribution in [0.15, 0.2) is 53.6 Å². The quantitative estimate of drug-likeness (QED) is 0.742. The van der Waals surface area contributed by atoms with Crippen molar-refractivity contribution in [2.24, 2.45) is 0 Å². The fourth-order valence-corrected chi connectivity index (χ4v) is 4.19. The standard InChI is InChI=1S/C19H21N5O3S/c1-22(28(26,27)17-7-3-2-4-8-17)15-18(25)23-10-12-24(13-11-23)19-16(14-20)6-5-9-21-19/h2-9H,10-13,15H2,1H3. The van der Waals surface area contributed by atoms with Gasteiger partial charge in [0.15, 0.2) is 0 Å². The number of nitriles is 1. The lowest BCUT2D eigenvalue weighted by Gasteiger charge is -2.36. The van der Waals surface area contributed by atoms with Gasteiger partial charge in [0.25, 0.3) is 0 Å². The average molecular weight is 399 g/mol. The first-order chi connectivity index (χ1) is 13.4. The van der Waals surface area contributed by atoms with Crippen molar-refractivity contribution in [1.29, 1.82) is 5.26 Å². The molecule has 0 unspecified atom stereocenters. The molecule has 2 aromatic rings. The van der Waals surface area contributed by atoms with Crippen LogP contribution in [0.3, 0.4) is 0 Å². The summed E-state index contributed by atoms with van der Waals surface area (Å²) in [4.78, 5) is 20.6. The number of benzene rings is 1. The van der Waals surface area contributed by atoms with E-state index in [4.69, 9.17) is 0 Å². The zero-order valence-corrected chi connectivity index (χ0v) is 16.3. The van der Waals surface area contributed by atoms with Gasteiger partial charge in [0.05, 0.1) is 17.0 Å². The molecule has 2 heterocycles. The first-order valence-corrected chi connectivity index (χ1v) is 10.3. The molecule has 1 aliphatic rings. The van der Waals surface area contributed by atoms with Gasteiger partial charge in [-0.2, -0.15) is 9.57 Å². The normalized spacial score (nSPS) is 14.8. The largest absolute Gasteiger partial charge is 0.352 e. The Bertz CT molecular complexity index is 980. The van der Waals surface area contributed by atoms with Crippen molar-refractivity contribution in [3.8, 4) is 6.07 Å². The van der Waals surface area contributed by atoms with E-state index in [9.17, 15) is 18.5 Å². The number of anilines is 1. The van der Waals surface area contributed by atoms with E-state index in [-0.39, 0.29) is 17.3 Å². The van der Waals surface area contributed by atoms with Crippen molar-refractivity contribution in [3.63, 3.8) is 0 Å². The third-order valence-corrected chi connectivity index (χ3v) is 6.47. The Morgan fingerprint density at radius 3 is 2.46 bits per heavy atom. The summed E-state index contributed by atoms with van der Waals surface area (Å²) in [6.45, 7) is 1.74. The summed E-state index contributed by atoms with van der Waals surface area (Å²) in [5.41, 5.74) is 0.496. The molecule has 3 rings (SSSR count). The fourth-order valence-electron chi connectivity index (χ4n) is 3.05. The number of pyridine rings is 1. The van der Waals surface area contributed by atoms with Crippen LogP contribution in [0.4, 0.5) is 5.82 Å². The first kappa shape index (κ1) is 19.8. The second kappa shape index (κ2) is 8.37. The molecule has 1 amide bonds. The van der Waals surface area contributed by atoms with Gasteiger partial charge in [0.2, 0.25) is 15.9 Å². The Balaban J connectivity index is 1.60. The molecule has 0 N–H and O–H groups in total. The van der Waals surface area contributed by atoms with Crippen molar-refractivity contribution < 1.29 is 13.2 Å². The molecule has 8 nitrogen and oxygen atoms in total. The first-order valence-electron chi connectivity index (χ1n) is 8.82. The van der Waals surface area contributed by atoms with Crippen LogP contribution < -0.4 is 4.90 Å².